The van der Waals surface area contributed by atoms with E-state index in [4.69, 9.17) is 9.47 Å². The van der Waals surface area contributed by atoms with Crippen LogP contribution in [-0.4, -0.2) is 26.3 Å². The van der Waals surface area contributed by atoms with Crippen LogP contribution in [0, 0.1) is 5.92 Å². The summed E-state index contributed by atoms with van der Waals surface area (Å²) in [5, 5.41) is 4.02. The van der Waals surface area contributed by atoms with Crippen molar-refractivity contribution in [1.29, 1.82) is 0 Å². The van der Waals surface area contributed by atoms with Crippen molar-refractivity contribution in [1.82, 2.24) is 5.43 Å². The van der Waals surface area contributed by atoms with Crippen LogP contribution in [0.1, 0.15) is 50.5 Å². The summed E-state index contributed by atoms with van der Waals surface area (Å²) in [6.07, 6.45) is 9.60. The first-order valence-electron chi connectivity index (χ1n) is 8.26. The molecular weight excluding hydrogens is 292 g/mol. The van der Waals surface area contributed by atoms with Crippen molar-refractivity contribution in [3.63, 3.8) is 0 Å². The minimum Gasteiger partial charge on any atom is -0.497 e. The van der Waals surface area contributed by atoms with Crippen LogP contribution in [0.5, 0.6) is 11.5 Å². The maximum Gasteiger partial charge on any atom is 0.240 e. The van der Waals surface area contributed by atoms with Crippen LogP contribution in [0.3, 0.4) is 0 Å². The highest BCUT2D eigenvalue weighted by Crippen LogP contribution is 2.27. The van der Waals surface area contributed by atoms with Gasteiger partial charge >= 0.3 is 0 Å². The molecule has 1 aliphatic carbocycles. The van der Waals surface area contributed by atoms with Gasteiger partial charge < -0.3 is 9.47 Å². The summed E-state index contributed by atoms with van der Waals surface area (Å²) in [5.74, 6) is 2.06. The molecular formula is C18H26N2O3. The maximum atomic E-state index is 11.8. The molecule has 0 unspecified atom stereocenters. The molecule has 1 aromatic carbocycles. The highest BCUT2D eigenvalue weighted by molar-refractivity contribution is 5.83. The number of nitrogens with one attached hydrogen (secondary N) is 1. The minimum absolute atomic E-state index is 0.0262. The number of carbonyl (C=O) groups excluding carboxylic acids is 1. The molecule has 23 heavy (non-hydrogen) atoms. The lowest BCUT2D eigenvalue weighted by Gasteiger charge is -2.20. The highest BCUT2D eigenvalue weighted by atomic mass is 16.5. The minimum atomic E-state index is -0.0262. The standard InChI is InChI=1S/C18H26N2O3/c1-22-16-10-15(11-17(12-16)23-2)13-19-20-18(21)9-8-14-6-4-3-5-7-14/h10-14H,3-9H2,1-2H3,(H,20,21)/b19-13+. The number of amides is 1. The first kappa shape index (κ1) is 17.3. The molecule has 0 spiro atoms. The zero-order valence-corrected chi connectivity index (χ0v) is 14.0. The molecule has 0 aliphatic heterocycles. The molecule has 0 aromatic heterocycles. The molecule has 1 aliphatic rings. The maximum absolute atomic E-state index is 11.8. The van der Waals surface area contributed by atoms with Crippen molar-refractivity contribution in [2.24, 2.45) is 11.0 Å². The molecule has 1 amide bonds. The predicted molar refractivity (Wildman–Crippen MR) is 91.1 cm³/mol. The topological polar surface area (TPSA) is 59.9 Å². The van der Waals surface area contributed by atoms with Crippen molar-refractivity contribution in [2.45, 2.75) is 44.9 Å². The normalized spacial score (nSPS) is 15.6. The average Bonchev–Trinajstić information content (AvgIpc) is 2.60. The molecule has 1 fully saturated rings. The molecule has 0 radical (unpaired) electrons. The fourth-order valence-corrected chi connectivity index (χ4v) is 2.95. The Morgan fingerprint density at radius 3 is 2.43 bits per heavy atom. The van der Waals surface area contributed by atoms with Crippen molar-refractivity contribution in [3.8, 4) is 11.5 Å². The Morgan fingerprint density at radius 2 is 1.83 bits per heavy atom. The van der Waals surface area contributed by atoms with Crippen LogP contribution in [0.2, 0.25) is 0 Å². The predicted octanol–water partition coefficient (Wildman–Crippen LogP) is 3.51. The summed E-state index contributed by atoms with van der Waals surface area (Å²) >= 11 is 0. The van der Waals surface area contributed by atoms with E-state index in [1.54, 1.807) is 26.5 Å². The van der Waals surface area contributed by atoms with Gasteiger partial charge in [0.05, 0.1) is 20.4 Å². The van der Waals surface area contributed by atoms with Gasteiger partial charge in [0.25, 0.3) is 0 Å². The summed E-state index contributed by atoms with van der Waals surface area (Å²) in [6.45, 7) is 0. The molecule has 0 heterocycles. The van der Waals surface area contributed by atoms with Gasteiger partial charge in [-0.05, 0) is 24.5 Å². The van der Waals surface area contributed by atoms with Crippen LogP contribution >= 0.6 is 0 Å². The number of carbonyl (C=O) groups is 1. The molecule has 1 N–H and O–H groups in total. The molecule has 126 valence electrons. The number of ether oxygens (including phenoxy) is 2. The lowest BCUT2D eigenvalue weighted by atomic mass is 9.86. The number of hydrogen-bond donors (Lipinski definition) is 1. The van der Waals surface area contributed by atoms with Crippen LogP contribution < -0.4 is 14.9 Å². The van der Waals surface area contributed by atoms with Crippen molar-refractivity contribution >= 4 is 12.1 Å². The smallest absolute Gasteiger partial charge is 0.240 e. The van der Waals surface area contributed by atoms with Gasteiger partial charge in [-0.3, -0.25) is 4.79 Å². The van der Waals surface area contributed by atoms with Gasteiger partial charge in [0.1, 0.15) is 11.5 Å². The number of hydrazone groups is 1. The summed E-state index contributed by atoms with van der Waals surface area (Å²) in [7, 11) is 3.20. The molecule has 1 saturated carbocycles. The van der Waals surface area contributed by atoms with E-state index in [0.29, 0.717) is 23.8 Å². The lowest BCUT2D eigenvalue weighted by Crippen LogP contribution is -2.19. The second-order valence-corrected chi connectivity index (χ2v) is 5.98. The summed E-state index contributed by atoms with van der Waals surface area (Å²) in [5.41, 5.74) is 3.41. The quantitative estimate of drug-likeness (QED) is 0.618. The number of nitrogens with zero attached hydrogens (tertiary/aromatic N) is 1. The zero-order valence-electron chi connectivity index (χ0n) is 14.0. The third-order valence-electron chi connectivity index (χ3n) is 4.28. The monoisotopic (exact) mass is 318 g/mol. The fraction of sp³-hybridized carbons (Fsp3) is 0.556. The Labute approximate surface area is 138 Å². The van der Waals surface area contributed by atoms with Crippen LogP contribution in [0.4, 0.5) is 0 Å². The molecule has 2 rings (SSSR count). The third-order valence-corrected chi connectivity index (χ3v) is 4.28. The van der Waals surface area contributed by atoms with E-state index in [0.717, 1.165) is 12.0 Å². The molecule has 5 nitrogen and oxygen atoms in total. The average molecular weight is 318 g/mol. The Hall–Kier alpha value is -2.04. The number of rotatable bonds is 7. The Morgan fingerprint density at radius 1 is 1.17 bits per heavy atom. The Kier molecular flexibility index (Phi) is 6.91. The lowest BCUT2D eigenvalue weighted by molar-refractivity contribution is -0.121. The van der Waals surface area contributed by atoms with Crippen molar-refractivity contribution in [2.75, 3.05) is 14.2 Å². The largest absolute Gasteiger partial charge is 0.497 e. The third kappa shape index (κ3) is 5.93. The number of hydrogen-bond acceptors (Lipinski definition) is 4. The summed E-state index contributed by atoms with van der Waals surface area (Å²) in [4.78, 5) is 11.8. The molecule has 0 atom stereocenters. The van der Waals surface area contributed by atoms with E-state index in [2.05, 4.69) is 10.5 Å². The molecule has 0 saturated heterocycles. The molecule has 1 aromatic rings. The van der Waals surface area contributed by atoms with Crippen LogP contribution in [0.25, 0.3) is 0 Å². The van der Waals surface area contributed by atoms with Crippen molar-refractivity contribution in [3.05, 3.63) is 23.8 Å². The number of methoxy groups -OCH3 is 2. The van der Waals surface area contributed by atoms with Gasteiger partial charge in [-0.15, -0.1) is 0 Å². The first-order chi connectivity index (χ1) is 11.2. The highest BCUT2D eigenvalue weighted by Gasteiger charge is 2.14. The van der Waals surface area contributed by atoms with Gasteiger partial charge in [0.2, 0.25) is 5.91 Å². The SMILES string of the molecule is COc1cc(/C=N/NC(=O)CCC2CCCCC2)cc(OC)c1. The summed E-state index contributed by atoms with van der Waals surface area (Å²) in [6, 6.07) is 5.46. The van der Waals surface area contributed by atoms with E-state index in [-0.39, 0.29) is 5.91 Å². The first-order valence-corrected chi connectivity index (χ1v) is 8.26. The van der Waals surface area contributed by atoms with Gasteiger partial charge in [-0.25, -0.2) is 5.43 Å². The molecule has 0 bridgehead atoms. The van der Waals surface area contributed by atoms with E-state index in [1.165, 1.54) is 32.1 Å². The zero-order chi connectivity index (χ0) is 16.5. The second-order valence-electron chi connectivity index (χ2n) is 5.98. The van der Waals surface area contributed by atoms with E-state index in [9.17, 15) is 4.79 Å². The van der Waals surface area contributed by atoms with Crippen LogP contribution in [0.15, 0.2) is 23.3 Å². The number of benzene rings is 1. The molecule has 5 heteroatoms. The van der Waals surface area contributed by atoms with E-state index in [1.807, 2.05) is 12.1 Å². The fourth-order valence-electron chi connectivity index (χ4n) is 2.95. The Bertz CT molecular complexity index is 515. The van der Waals surface area contributed by atoms with Gasteiger partial charge in [-0.1, -0.05) is 32.1 Å². The van der Waals surface area contributed by atoms with Gasteiger partial charge in [-0.2, -0.15) is 5.10 Å². The van der Waals surface area contributed by atoms with Crippen molar-refractivity contribution < 1.29 is 14.3 Å². The van der Waals surface area contributed by atoms with E-state index >= 15 is 0 Å². The van der Waals surface area contributed by atoms with Crippen LogP contribution in [-0.2, 0) is 4.79 Å². The van der Waals surface area contributed by atoms with E-state index < -0.39 is 0 Å². The second kappa shape index (κ2) is 9.18. The van der Waals surface area contributed by atoms with Gasteiger partial charge in [0.15, 0.2) is 0 Å². The summed E-state index contributed by atoms with van der Waals surface area (Å²) < 4.78 is 10.4. The van der Waals surface area contributed by atoms with Gasteiger partial charge in [0, 0.05) is 18.1 Å². The Balaban J connectivity index is 1.79.